The SMILES string of the molecule is CC(C)C(NC(=O)c1cccc(CS(=O)(=O)NC(C)(C)C)c1)c1ccc2c(c1)OCCCO2. The molecular formula is C25H34N2O5S. The second kappa shape index (κ2) is 10.1. The van der Waals surface area contributed by atoms with Gasteiger partial charge in [-0.1, -0.05) is 32.0 Å². The third-order valence-electron chi connectivity index (χ3n) is 5.09. The van der Waals surface area contributed by atoms with Crippen LogP contribution in [0.15, 0.2) is 42.5 Å². The molecule has 1 aliphatic heterocycles. The van der Waals surface area contributed by atoms with E-state index in [1.807, 2.05) is 32.0 Å². The number of nitrogens with one attached hydrogen (secondary N) is 2. The van der Waals surface area contributed by atoms with Gasteiger partial charge in [0, 0.05) is 17.5 Å². The minimum Gasteiger partial charge on any atom is -0.490 e. The number of ether oxygens (including phenoxy) is 2. The Morgan fingerprint density at radius 1 is 1.03 bits per heavy atom. The third-order valence-corrected chi connectivity index (χ3v) is 6.73. The summed E-state index contributed by atoms with van der Waals surface area (Å²) >= 11 is 0. The molecule has 0 aliphatic carbocycles. The van der Waals surface area contributed by atoms with E-state index in [0.29, 0.717) is 35.8 Å². The lowest BCUT2D eigenvalue weighted by molar-refractivity contribution is 0.0925. The maximum Gasteiger partial charge on any atom is 0.251 e. The molecular weight excluding hydrogens is 440 g/mol. The Morgan fingerprint density at radius 2 is 1.73 bits per heavy atom. The molecule has 0 spiro atoms. The van der Waals surface area contributed by atoms with Crippen LogP contribution in [-0.4, -0.2) is 33.1 Å². The second-order valence-electron chi connectivity index (χ2n) is 9.76. The van der Waals surface area contributed by atoms with Crippen LogP contribution in [0.25, 0.3) is 0 Å². The van der Waals surface area contributed by atoms with Crippen LogP contribution in [0.2, 0.25) is 0 Å². The molecule has 8 heteroatoms. The first-order chi connectivity index (χ1) is 15.4. The van der Waals surface area contributed by atoms with Gasteiger partial charge in [0.15, 0.2) is 11.5 Å². The lowest BCUT2D eigenvalue weighted by atomic mass is 9.95. The first kappa shape index (κ1) is 25.1. The third kappa shape index (κ3) is 7.20. The van der Waals surface area contributed by atoms with Gasteiger partial charge in [0.05, 0.1) is 25.0 Å². The van der Waals surface area contributed by atoms with Crippen LogP contribution in [0.4, 0.5) is 0 Å². The van der Waals surface area contributed by atoms with Gasteiger partial charge in [-0.15, -0.1) is 0 Å². The Kier molecular flexibility index (Phi) is 7.69. The van der Waals surface area contributed by atoms with E-state index >= 15 is 0 Å². The molecule has 180 valence electrons. The van der Waals surface area contributed by atoms with Crippen molar-refractivity contribution in [2.24, 2.45) is 5.92 Å². The van der Waals surface area contributed by atoms with Crippen LogP contribution >= 0.6 is 0 Å². The molecule has 1 heterocycles. The summed E-state index contributed by atoms with van der Waals surface area (Å²) in [6.07, 6.45) is 0.825. The van der Waals surface area contributed by atoms with E-state index in [4.69, 9.17) is 9.47 Å². The van der Waals surface area contributed by atoms with Gasteiger partial charge < -0.3 is 14.8 Å². The van der Waals surface area contributed by atoms with Gasteiger partial charge in [-0.25, -0.2) is 13.1 Å². The Labute approximate surface area is 196 Å². The molecule has 0 fully saturated rings. The first-order valence-electron chi connectivity index (χ1n) is 11.2. The Bertz CT molecular complexity index is 1090. The fourth-order valence-electron chi connectivity index (χ4n) is 3.76. The van der Waals surface area contributed by atoms with E-state index in [1.54, 1.807) is 45.0 Å². The summed E-state index contributed by atoms with van der Waals surface area (Å²) in [6.45, 7) is 10.7. The monoisotopic (exact) mass is 474 g/mol. The number of hydrogen-bond acceptors (Lipinski definition) is 5. The van der Waals surface area contributed by atoms with Crippen molar-refractivity contribution in [3.63, 3.8) is 0 Å². The highest BCUT2D eigenvalue weighted by Gasteiger charge is 2.23. The van der Waals surface area contributed by atoms with E-state index < -0.39 is 15.6 Å². The Balaban J connectivity index is 1.78. The molecule has 0 saturated heterocycles. The summed E-state index contributed by atoms with van der Waals surface area (Å²) in [4.78, 5) is 13.1. The molecule has 0 bridgehead atoms. The lowest BCUT2D eigenvalue weighted by Crippen LogP contribution is -2.41. The second-order valence-corrected chi connectivity index (χ2v) is 11.5. The van der Waals surface area contributed by atoms with Crippen LogP contribution in [0.1, 0.15) is 68.6 Å². The fourth-order valence-corrected chi connectivity index (χ4v) is 5.38. The molecule has 1 unspecified atom stereocenters. The average molecular weight is 475 g/mol. The van der Waals surface area contributed by atoms with Crippen molar-refractivity contribution in [2.75, 3.05) is 13.2 Å². The topological polar surface area (TPSA) is 93.7 Å². The molecule has 7 nitrogen and oxygen atoms in total. The summed E-state index contributed by atoms with van der Waals surface area (Å²) in [5.41, 5.74) is 1.33. The largest absolute Gasteiger partial charge is 0.490 e. The van der Waals surface area contributed by atoms with Crippen LogP contribution in [-0.2, 0) is 15.8 Å². The van der Waals surface area contributed by atoms with Gasteiger partial charge >= 0.3 is 0 Å². The number of hydrogen-bond donors (Lipinski definition) is 2. The normalized spacial score (nSPS) is 15.1. The minimum atomic E-state index is -3.53. The highest BCUT2D eigenvalue weighted by atomic mass is 32.2. The highest BCUT2D eigenvalue weighted by Crippen LogP contribution is 2.34. The molecule has 2 aromatic rings. The lowest BCUT2D eigenvalue weighted by Gasteiger charge is -2.24. The number of carbonyl (C=O) groups excluding carboxylic acids is 1. The van der Waals surface area contributed by atoms with Crippen LogP contribution < -0.4 is 19.5 Å². The van der Waals surface area contributed by atoms with Crippen molar-refractivity contribution >= 4 is 15.9 Å². The summed E-state index contributed by atoms with van der Waals surface area (Å²) in [6, 6.07) is 12.2. The van der Waals surface area contributed by atoms with Crippen LogP contribution in [0, 0.1) is 5.92 Å². The van der Waals surface area contributed by atoms with E-state index in [2.05, 4.69) is 10.0 Å². The zero-order valence-corrected chi connectivity index (χ0v) is 20.8. The number of sulfonamides is 1. The average Bonchev–Trinajstić information content (AvgIpc) is 2.94. The number of amides is 1. The fraction of sp³-hybridized carbons (Fsp3) is 0.480. The molecule has 33 heavy (non-hydrogen) atoms. The van der Waals surface area contributed by atoms with Gasteiger partial charge in [-0.3, -0.25) is 4.79 Å². The molecule has 1 atom stereocenters. The number of rotatable bonds is 7. The van der Waals surface area contributed by atoms with Crippen molar-refractivity contribution < 1.29 is 22.7 Å². The molecule has 0 radical (unpaired) electrons. The van der Waals surface area contributed by atoms with Crippen LogP contribution in [0.5, 0.6) is 11.5 Å². The first-order valence-corrected chi connectivity index (χ1v) is 12.9. The quantitative estimate of drug-likeness (QED) is 0.628. The van der Waals surface area contributed by atoms with Gasteiger partial charge in [-0.2, -0.15) is 0 Å². The summed E-state index contributed by atoms with van der Waals surface area (Å²) in [5, 5.41) is 3.10. The molecule has 2 N–H and O–H groups in total. The molecule has 0 saturated carbocycles. The van der Waals surface area contributed by atoms with Crippen molar-refractivity contribution in [3.8, 4) is 11.5 Å². The number of benzene rings is 2. The van der Waals surface area contributed by atoms with Gasteiger partial charge in [0.2, 0.25) is 10.0 Å². The Hall–Kier alpha value is -2.58. The van der Waals surface area contributed by atoms with E-state index in [0.717, 1.165) is 12.0 Å². The summed E-state index contributed by atoms with van der Waals surface area (Å²) in [5.74, 6) is 1.06. The van der Waals surface area contributed by atoms with Crippen molar-refractivity contribution in [1.29, 1.82) is 0 Å². The zero-order chi connectivity index (χ0) is 24.2. The molecule has 2 aromatic carbocycles. The smallest absolute Gasteiger partial charge is 0.251 e. The number of fused-ring (bicyclic) bond motifs is 1. The standard InChI is InChI=1S/C25H34N2O5S/c1-17(2)23(19-10-11-21-22(15-19)32-13-7-12-31-21)26-24(28)20-9-6-8-18(14-20)16-33(29,30)27-25(3,4)5/h6,8-11,14-15,17,23,27H,7,12-13,16H2,1-5H3,(H,26,28). The van der Waals surface area contributed by atoms with Crippen molar-refractivity contribution in [3.05, 3.63) is 59.2 Å². The van der Waals surface area contributed by atoms with Gasteiger partial charge in [0.1, 0.15) is 0 Å². The molecule has 3 rings (SSSR count). The maximum atomic E-state index is 13.1. The van der Waals surface area contributed by atoms with E-state index in [9.17, 15) is 13.2 Å². The predicted octanol–water partition coefficient (Wildman–Crippen LogP) is 4.19. The summed E-state index contributed by atoms with van der Waals surface area (Å²) in [7, 11) is -3.53. The molecule has 1 aliphatic rings. The predicted molar refractivity (Wildman–Crippen MR) is 129 cm³/mol. The molecule has 0 aromatic heterocycles. The van der Waals surface area contributed by atoms with E-state index in [1.165, 1.54) is 0 Å². The molecule has 1 amide bonds. The van der Waals surface area contributed by atoms with Crippen molar-refractivity contribution in [2.45, 2.75) is 58.4 Å². The highest BCUT2D eigenvalue weighted by molar-refractivity contribution is 7.88. The zero-order valence-electron chi connectivity index (χ0n) is 20.0. The van der Waals surface area contributed by atoms with Gasteiger partial charge in [0.25, 0.3) is 5.91 Å². The summed E-state index contributed by atoms with van der Waals surface area (Å²) < 4.78 is 39.1. The van der Waals surface area contributed by atoms with Gasteiger partial charge in [-0.05, 0) is 62.1 Å². The Morgan fingerprint density at radius 3 is 2.39 bits per heavy atom. The number of carbonyl (C=O) groups is 1. The van der Waals surface area contributed by atoms with Crippen molar-refractivity contribution in [1.82, 2.24) is 10.0 Å². The minimum absolute atomic E-state index is 0.123. The van der Waals surface area contributed by atoms with Crippen LogP contribution in [0.3, 0.4) is 0 Å². The maximum absolute atomic E-state index is 13.1. The van der Waals surface area contributed by atoms with E-state index in [-0.39, 0.29) is 23.6 Å².